The predicted molar refractivity (Wildman–Crippen MR) is 54.0 cm³/mol. The Morgan fingerprint density at radius 2 is 1.71 bits per heavy atom. The van der Waals surface area contributed by atoms with Gasteiger partial charge in [0.15, 0.2) is 0 Å². The van der Waals surface area contributed by atoms with Gasteiger partial charge in [-0.05, 0) is 0 Å². The molecule has 0 bridgehead atoms. The van der Waals surface area contributed by atoms with E-state index in [1.54, 1.807) is 0 Å². The fourth-order valence-electron chi connectivity index (χ4n) is 1.04. The monoisotopic (exact) mass is 312 g/mol. The van der Waals surface area contributed by atoms with Gasteiger partial charge in [0.2, 0.25) is 0 Å². The van der Waals surface area contributed by atoms with Gasteiger partial charge in [-0.15, -0.1) is 0 Å². The van der Waals surface area contributed by atoms with E-state index < -0.39 is 8.42 Å². The zero-order valence-corrected chi connectivity index (χ0v) is 14.6. The van der Waals surface area contributed by atoms with E-state index in [1.165, 1.54) is 25.7 Å². The van der Waals surface area contributed by atoms with E-state index in [0.29, 0.717) is 6.61 Å². The van der Waals surface area contributed by atoms with Gasteiger partial charge < -0.3 is 0 Å². The normalized spacial score (nSPS) is 14.4. The summed E-state index contributed by atoms with van der Waals surface area (Å²) in [7, 11) is -3.35. The fraction of sp³-hybridized carbons (Fsp3) is 1.00. The van der Waals surface area contributed by atoms with Crippen LogP contribution in [0.4, 0.5) is 0 Å². The van der Waals surface area contributed by atoms with Crippen LogP contribution in [-0.2, 0) is 12.6 Å². The van der Waals surface area contributed by atoms with Gasteiger partial charge in [-0.25, -0.2) is 0 Å². The van der Waals surface area contributed by atoms with Crippen LogP contribution in [0.5, 0.6) is 0 Å². The van der Waals surface area contributed by atoms with Crippen molar-refractivity contribution in [3.63, 3.8) is 0 Å². The molecule has 1 atom stereocenters. The summed E-state index contributed by atoms with van der Waals surface area (Å²) in [6.07, 6.45) is 6.78. The molecule has 0 heterocycles. The van der Waals surface area contributed by atoms with Gasteiger partial charge in [0, 0.05) is 0 Å². The Kier molecular flexibility index (Phi) is 15.5. The Hall–Kier alpha value is 2.23. The smallest absolute Gasteiger partial charge is 1.00 e. The van der Waals surface area contributed by atoms with Crippen LogP contribution in [0.15, 0.2) is 0 Å². The maximum atomic E-state index is 10.5. The molecular formula is C8H17KO3SSe. The molecule has 0 aromatic carbocycles. The first-order valence-corrected chi connectivity index (χ1v) is 8.09. The molecule has 6 heteroatoms. The molecule has 0 spiro atoms. The molecule has 0 aliphatic rings. The molecule has 0 fully saturated rings. The van der Waals surface area contributed by atoms with Crippen molar-refractivity contribution in [2.24, 2.45) is 0 Å². The Labute approximate surface area is 137 Å². The van der Waals surface area contributed by atoms with Gasteiger partial charge in [0.05, 0.1) is 0 Å². The van der Waals surface area contributed by atoms with Crippen molar-refractivity contribution in [3.8, 4) is 0 Å². The Morgan fingerprint density at radius 1 is 1.21 bits per heavy atom. The van der Waals surface area contributed by atoms with Gasteiger partial charge >= 0.3 is 139 Å². The molecule has 0 amide bonds. The van der Waals surface area contributed by atoms with Crippen LogP contribution in [0, 0.1) is 0 Å². The van der Waals surface area contributed by atoms with Crippen LogP contribution in [-0.4, -0.2) is 29.8 Å². The molecular weight excluding hydrogens is 294 g/mol. The van der Waals surface area contributed by atoms with Gasteiger partial charge in [0.25, 0.3) is 0 Å². The van der Waals surface area contributed by atoms with Crippen molar-refractivity contribution in [3.05, 3.63) is 0 Å². The third-order valence-corrected chi connectivity index (χ3v) is 2.79. The third-order valence-electron chi connectivity index (χ3n) is 1.73. The minimum absolute atomic E-state index is 0. The van der Waals surface area contributed by atoms with Gasteiger partial charge in [-0.2, -0.15) is 0 Å². The van der Waals surface area contributed by atoms with Crippen molar-refractivity contribution >= 4 is 22.8 Å². The van der Waals surface area contributed by atoms with E-state index in [9.17, 15) is 8.76 Å². The summed E-state index contributed by atoms with van der Waals surface area (Å²) in [6, 6.07) is 0. The number of hydrogen-bond donors (Lipinski definition) is 0. The van der Waals surface area contributed by atoms with E-state index in [1.807, 2.05) is 14.4 Å². The summed E-state index contributed by atoms with van der Waals surface area (Å²) in [6.45, 7) is 2.48. The van der Waals surface area contributed by atoms with E-state index in [0.717, 1.165) is 12.8 Å². The summed E-state index contributed by atoms with van der Waals surface area (Å²) >= 11 is 1.98. The van der Waals surface area contributed by atoms with Crippen molar-refractivity contribution in [2.75, 3.05) is 6.61 Å². The molecule has 0 saturated heterocycles. The first-order chi connectivity index (χ1) is 6.06. The van der Waals surface area contributed by atoms with Crippen molar-refractivity contribution in [2.45, 2.75) is 45.4 Å². The van der Waals surface area contributed by atoms with Crippen LogP contribution < -0.4 is 51.4 Å². The van der Waals surface area contributed by atoms with Crippen LogP contribution in [0.2, 0.25) is 0 Å². The first kappa shape index (κ1) is 18.6. The van der Waals surface area contributed by atoms with Gasteiger partial charge in [-0.3, -0.25) is 0 Å². The van der Waals surface area contributed by atoms with E-state index >= 15 is 0 Å². The molecule has 80 valence electrons. The second-order valence-corrected chi connectivity index (χ2v) is 6.62. The third kappa shape index (κ3) is 16.6. The Morgan fingerprint density at radius 3 is 2.21 bits per heavy atom. The van der Waals surface area contributed by atoms with Crippen LogP contribution in [0.25, 0.3) is 0 Å². The standard InChI is InChI=1S/C8H18O3SSe.K/c1-2-3-4-5-6-7-8-11-12(9,10)13;/h2-8H2,1H3,(H,9,10,13);/q;+1/p-1. The first-order valence-electron chi connectivity index (χ1n) is 4.66. The van der Waals surface area contributed by atoms with Crippen LogP contribution in [0.3, 0.4) is 0 Å². The Balaban J connectivity index is 0. The van der Waals surface area contributed by atoms with Crippen molar-refractivity contribution in [1.82, 2.24) is 0 Å². The summed E-state index contributed by atoms with van der Waals surface area (Å²) in [4.78, 5) is 0. The molecule has 0 aliphatic carbocycles. The summed E-state index contributed by atoms with van der Waals surface area (Å²) in [5.41, 5.74) is 0. The molecule has 0 radical (unpaired) electrons. The average Bonchev–Trinajstić information content (AvgIpc) is 2.01. The second-order valence-electron chi connectivity index (χ2n) is 3.00. The maximum absolute atomic E-state index is 10.5. The number of hydrogen-bond acceptors (Lipinski definition) is 3. The molecule has 3 nitrogen and oxygen atoms in total. The number of rotatable bonds is 8. The van der Waals surface area contributed by atoms with Gasteiger partial charge in [-0.1, -0.05) is 0 Å². The van der Waals surface area contributed by atoms with Crippen LogP contribution >= 0.6 is 0 Å². The minimum Gasteiger partial charge on any atom is 1.00 e. The predicted octanol–water partition coefficient (Wildman–Crippen LogP) is -1.22. The van der Waals surface area contributed by atoms with E-state index in [-0.39, 0.29) is 51.4 Å². The molecule has 0 aliphatic heterocycles. The van der Waals surface area contributed by atoms with E-state index in [4.69, 9.17) is 0 Å². The maximum Gasteiger partial charge on any atom is 1.00 e. The second kappa shape index (κ2) is 11.7. The molecule has 0 rings (SSSR count). The topological polar surface area (TPSA) is 49.4 Å². The quantitative estimate of drug-likeness (QED) is 0.417. The minimum atomic E-state index is -3.35. The zero-order valence-electron chi connectivity index (χ0n) is 8.99. The zero-order chi connectivity index (χ0) is 10.2. The molecule has 1 unspecified atom stereocenters. The molecule has 0 aromatic heterocycles. The molecule has 0 N–H and O–H groups in total. The summed E-state index contributed by atoms with van der Waals surface area (Å²) in [5.74, 6) is 0. The SMILES string of the molecule is CCCCCCCCOS(=O)([O-])=[Se].[K+]. The summed E-state index contributed by atoms with van der Waals surface area (Å²) < 4.78 is 25.5. The van der Waals surface area contributed by atoms with Crippen molar-refractivity contribution in [1.29, 1.82) is 0 Å². The molecule has 14 heavy (non-hydrogen) atoms. The molecule has 0 aromatic rings. The Bertz CT molecular complexity index is 207. The summed E-state index contributed by atoms with van der Waals surface area (Å²) in [5, 5.41) is 0. The number of unbranched alkanes of at least 4 members (excludes halogenated alkanes) is 5. The fourth-order valence-corrected chi connectivity index (χ4v) is 1.79. The molecule has 0 saturated carbocycles. The van der Waals surface area contributed by atoms with Crippen LogP contribution in [0.1, 0.15) is 45.4 Å². The van der Waals surface area contributed by atoms with Gasteiger partial charge in [0.1, 0.15) is 0 Å². The van der Waals surface area contributed by atoms with E-state index in [2.05, 4.69) is 11.1 Å². The largest absolute Gasteiger partial charge is 1.00 e. The van der Waals surface area contributed by atoms with Crippen molar-refractivity contribution < 1.29 is 64.3 Å². The average molecular weight is 311 g/mol.